The van der Waals surface area contributed by atoms with E-state index in [2.05, 4.69) is 103 Å². The van der Waals surface area contributed by atoms with Gasteiger partial charge in [0.25, 0.3) is 0 Å². The van der Waals surface area contributed by atoms with Crippen LogP contribution in [0.5, 0.6) is 0 Å². The van der Waals surface area contributed by atoms with E-state index in [0.29, 0.717) is 0 Å². The molecule has 1 nitrogen and oxygen atoms in total. The molecule has 0 aliphatic heterocycles. The zero-order valence-electron chi connectivity index (χ0n) is 14.9. The lowest BCUT2D eigenvalue weighted by Crippen LogP contribution is -2.34. The molecule has 0 heterocycles. The molecule has 0 saturated heterocycles. The van der Waals surface area contributed by atoms with Gasteiger partial charge in [0.15, 0.2) is 0 Å². The summed E-state index contributed by atoms with van der Waals surface area (Å²) in [6.45, 7) is 4.28. The molecule has 1 N–H and O–H groups in total. The van der Waals surface area contributed by atoms with Crippen molar-refractivity contribution in [2.75, 3.05) is 19.3 Å². The molecule has 0 atom stereocenters. The highest BCUT2D eigenvalue weighted by molar-refractivity contribution is 7.95. The van der Waals surface area contributed by atoms with Crippen LogP contribution in [0.1, 0.15) is 13.3 Å². The van der Waals surface area contributed by atoms with Gasteiger partial charge in [-0.15, -0.1) is 0 Å². The fraction of sp³-hybridized carbons (Fsp3) is 0.217. The summed E-state index contributed by atoms with van der Waals surface area (Å²) in [6, 6.07) is 33.4. The Morgan fingerprint density at radius 1 is 0.640 bits per heavy atom. The van der Waals surface area contributed by atoms with E-state index in [-0.39, 0.29) is 0 Å². The van der Waals surface area contributed by atoms with Gasteiger partial charge in [0, 0.05) is 0 Å². The molecule has 0 fully saturated rings. The van der Waals surface area contributed by atoms with Crippen LogP contribution in [0.3, 0.4) is 0 Å². The van der Waals surface area contributed by atoms with Gasteiger partial charge in [0.1, 0.15) is 23.2 Å². The van der Waals surface area contributed by atoms with Gasteiger partial charge >= 0.3 is 0 Å². The Bertz CT molecular complexity index is 644. The summed E-state index contributed by atoms with van der Waals surface area (Å²) in [5.74, 6) is 0. The monoisotopic (exact) mass is 348 g/mol. The maximum Gasteiger partial charge on any atom is 0.112 e. The topological polar surface area (TPSA) is 12.0 Å². The smallest absolute Gasteiger partial charge is 0.112 e. The highest BCUT2D eigenvalue weighted by Crippen LogP contribution is 2.55. The van der Waals surface area contributed by atoms with Gasteiger partial charge in [0.05, 0.1) is 6.16 Å². The molecule has 0 saturated carbocycles. The van der Waals surface area contributed by atoms with Crippen molar-refractivity contribution in [2.45, 2.75) is 13.3 Å². The SMILES string of the molecule is CCNCCC[P+](c1ccccc1)(c1ccccc1)c1ccccc1. The molecule has 128 valence electrons. The van der Waals surface area contributed by atoms with E-state index >= 15 is 0 Å². The van der Waals surface area contributed by atoms with Crippen molar-refractivity contribution in [1.29, 1.82) is 0 Å². The zero-order valence-corrected chi connectivity index (χ0v) is 15.8. The summed E-state index contributed by atoms with van der Waals surface area (Å²) in [6.07, 6.45) is 2.37. The van der Waals surface area contributed by atoms with Crippen molar-refractivity contribution < 1.29 is 0 Å². The molecular weight excluding hydrogens is 321 g/mol. The summed E-state index contributed by atoms with van der Waals surface area (Å²) in [4.78, 5) is 0. The third-order valence-corrected chi connectivity index (χ3v) is 9.21. The first kappa shape index (κ1) is 17.9. The minimum atomic E-state index is -1.63. The van der Waals surface area contributed by atoms with Crippen LogP contribution in [-0.4, -0.2) is 19.3 Å². The molecule has 0 amide bonds. The van der Waals surface area contributed by atoms with Gasteiger partial charge in [-0.3, -0.25) is 0 Å². The molecule has 0 aromatic heterocycles. The predicted molar refractivity (Wildman–Crippen MR) is 113 cm³/mol. The second kappa shape index (κ2) is 8.94. The van der Waals surface area contributed by atoms with Gasteiger partial charge in [0.2, 0.25) is 0 Å². The molecule has 0 spiro atoms. The van der Waals surface area contributed by atoms with E-state index in [1.807, 2.05) is 0 Å². The van der Waals surface area contributed by atoms with Crippen LogP contribution >= 0.6 is 7.26 Å². The lowest BCUT2D eigenvalue weighted by molar-refractivity contribution is 0.706. The highest BCUT2D eigenvalue weighted by Gasteiger charge is 2.44. The Kier molecular flexibility index (Phi) is 6.39. The maximum absolute atomic E-state index is 3.49. The third kappa shape index (κ3) is 4.00. The largest absolute Gasteiger partial charge is 0.317 e. The van der Waals surface area contributed by atoms with Crippen LogP contribution in [0.15, 0.2) is 91.0 Å². The molecular formula is C23H27NP+. The quantitative estimate of drug-likeness (QED) is 0.480. The van der Waals surface area contributed by atoms with Gasteiger partial charge in [-0.25, -0.2) is 0 Å². The molecule has 0 bridgehead atoms. The molecule has 0 aliphatic rings. The highest BCUT2D eigenvalue weighted by atomic mass is 31.2. The number of rotatable bonds is 8. The van der Waals surface area contributed by atoms with Crippen LogP contribution < -0.4 is 21.2 Å². The van der Waals surface area contributed by atoms with Crippen molar-refractivity contribution >= 4 is 23.2 Å². The van der Waals surface area contributed by atoms with E-state index in [4.69, 9.17) is 0 Å². The molecule has 0 unspecified atom stereocenters. The fourth-order valence-corrected chi connectivity index (χ4v) is 7.84. The molecule has 0 radical (unpaired) electrons. The summed E-state index contributed by atoms with van der Waals surface area (Å²) < 4.78 is 0. The van der Waals surface area contributed by atoms with Gasteiger partial charge in [-0.05, 0) is 55.9 Å². The average Bonchev–Trinajstić information content (AvgIpc) is 2.70. The first-order chi connectivity index (χ1) is 12.4. The molecule has 3 rings (SSSR count). The third-order valence-electron chi connectivity index (χ3n) is 4.69. The summed E-state index contributed by atoms with van der Waals surface area (Å²) in [5.41, 5.74) is 0. The van der Waals surface area contributed by atoms with Crippen LogP contribution in [0.2, 0.25) is 0 Å². The Hall–Kier alpha value is -1.95. The number of hydrogen-bond acceptors (Lipinski definition) is 1. The minimum Gasteiger partial charge on any atom is -0.317 e. The molecule has 3 aromatic rings. The van der Waals surface area contributed by atoms with Gasteiger partial charge < -0.3 is 5.32 Å². The minimum absolute atomic E-state index is 1.04. The zero-order chi connectivity index (χ0) is 17.4. The Labute approximate surface area is 152 Å². The van der Waals surface area contributed by atoms with E-state index in [9.17, 15) is 0 Å². The first-order valence-corrected chi connectivity index (χ1v) is 11.1. The normalized spacial score (nSPS) is 11.4. The lowest BCUT2D eigenvalue weighted by Gasteiger charge is -2.27. The molecule has 2 heteroatoms. The van der Waals surface area contributed by atoms with Crippen LogP contribution in [0.25, 0.3) is 0 Å². The van der Waals surface area contributed by atoms with Crippen molar-refractivity contribution in [3.8, 4) is 0 Å². The summed E-state index contributed by atoms with van der Waals surface area (Å²) in [5, 5.41) is 7.92. The molecule has 0 aliphatic carbocycles. The Morgan fingerprint density at radius 3 is 1.40 bits per heavy atom. The Balaban J connectivity index is 2.13. The van der Waals surface area contributed by atoms with Crippen LogP contribution in [0.4, 0.5) is 0 Å². The second-order valence-electron chi connectivity index (χ2n) is 6.25. The van der Waals surface area contributed by atoms with E-state index in [1.165, 1.54) is 28.5 Å². The number of benzene rings is 3. The maximum atomic E-state index is 3.49. The van der Waals surface area contributed by atoms with Crippen molar-refractivity contribution in [3.05, 3.63) is 91.0 Å². The average molecular weight is 348 g/mol. The lowest BCUT2D eigenvalue weighted by atomic mass is 10.3. The molecule has 25 heavy (non-hydrogen) atoms. The van der Waals surface area contributed by atoms with Crippen molar-refractivity contribution in [3.63, 3.8) is 0 Å². The fourth-order valence-electron chi connectivity index (χ4n) is 3.50. The van der Waals surface area contributed by atoms with E-state index < -0.39 is 7.26 Å². The Morgan fingerprint density at radius 2 is 1.04 bits per heavy atom. The first-order valence-electron chi connectivity index (χ1n) is 9.13. The number of nitrogens with one attached hydrogen (secondary N) is 1. The summed E-state index contributed by atoms with van der Waals surface area (Å²) >= 11 is 0. The van der Waals surface area contributed by atoms with Gasteiger partial charge in [-0.2, -0.15) is 0 Å². The van der Waals surface area contributed by atoms with E-state index in [0.717, 1.165) is 13.1 Å². The van der Waals surface area contributed by atoms with Crippen LogP contribution in [-0.2, 0) is 0 Å². The van der Waals surface area contributed by atoms with Crippen LogP contribution in [0, 0.1) is 0 Å². The molecule has 3 aromatic carbocycles. The second-order valence-corrected chi connectivity index (χ2v) is 9.86. The van der Waals surface area contributed by atoms with Crippen molar-refractivity contribution in [2.24, 2.45) is 0 Å². The van der Waals surface area contributed by atoms with E-state index in [1.54, 1.807) is 0 Å². The standard InChI is InChI=1S/C23H27NP/c1-2-24-19-12-20-25(21-13-6-3-7-14-21,22-15-8-4-9-16-22)23-17-10-5-11-18-23/h3-11,13-18,24H,2,12,19-20H2,1H3/q+1. The predicted octanol–water partition coefficient (Wildman–Crippen LogP) is 3.98. The number of hydrogen-bond donors (Lipinski definition) is 1. The van der Waals surface area contributed by atoms with Gasteiger partial charge in [-0.1, -0.05) is 61.5 Å². The van der Waals surface area contributed by atoms with Crippen molar-refractivity contribution in [1.82, 2.24) is 5.32 Å². The summed E-state index contributed by atoms with van der Waals surface area (Å²) in [7, 11) is -1.63.